The van der Waals surface area contributed by atoms with Crippen LogP contribution in [-0.4, -0.2) is 28.8 Å². The van der Waals surface area contributed by atoms with Crippen molar-refractivity contribution in [1.29, 1.82) is 0 Å². The van der Waals surface area contributed by atoms with Crippen molar-refractivity contribution >= 4 is 23.4 Å². The van der Waals surface area contributed by atoms with Gasteiger partial charge in [-0.15, -0.1) is 0 Å². The third kappa shape index (κ3) is 6.60. The predicted molar refractivity (Wildman–Crippen MR) is 123 cm³/mol. The van der Waals surface area contributed by atoms with Gasteiger partial charge in [0.2, 0.25) is 11.8 Å². The number of nitrogens with zero attached hydrogens (tertiary/aromatic N) is 1. The summed E-state index contributed by atoms with van der Waals surface area (Å²) in [6.45, 7) is 8.41. The summed E-state index contributed by atoms with van der Waals surface area (Å²) in [6, 6.07) is 15.1. The monoisotopic (exact) mass is 428 g/mol. The van der Waals surface area contributed by atoms with Gasteiger partial charge in [0.1, 0.15) is 6.04 Å². The lowest BCUT2D eigenvalue weighted by atomic mass is 10.0. The van der Waals surface area contributed by atoms with Crippen LogP contribution in [0.25, 0.3) is 0 Å². The van der Waals surface area contributed by atoms with E-state index in [1.807, 2.05) is 76.2 Å². The molecule has 0 aliphatic carbocycles. The van der Waals surface area contributed by atoms with Gasteiger partial charge in [-0.25, -0.2) is 0 Å². The average molecular weight is 429 g/mol. The number of amides is 2. The van der Waals surface area contributed by atoms with E-state index in [2.05, 4.69) is 5.32 Å². The topological polar surface area (TPSA) is 49.4 Å². The maximum absolute atomic E-state index is 13.3. The van der Waals surface area contributed by atoms with Crippen LogP contribution in [0.3, 0.4) is 0 Å². The maximum Gasteiger partial charge on any atom is 0.243 e. The van der Waals surface area contributed by atoms with Gasteiger partial charge in [-0.05, 0) is 55.9 Å². The van der Waals surface area contributed by atoms with E-state index in [1.54, 1.807) is 4.90 Å². The Bertz CT molecular complexity index is 853. The van der Waals surface area contributed by atoms with Crippen LogP contribution in [0.2, 0.25) is 5.02 Å². The Labute approximate surface area is 185 Å². The molecule has 0 aliphatic rings. The minimum Gasteiger partial charge on any atom is -0.352 e. The largest absolute Gasteiger partial charge is 0.352 e. The van der Waals surface area contributed by atoms with Crippen LogP contribution in [0.5, 0.6) is 0 Å². The summed E-state index contributed by atoms with van der Waals surface area (Å²) in [4.78, 5) is 28.0. The van der Waals surface area contributed by atoms with Crippen LogP contribution in [0.1, 0.15) is 56.7 Å². The molecule has 0 fully saturated rings. The van der Waals surface area contributed by atoms with Gasteiger partial charge in [0.15, 0.2) is 0 Å². The SMILES string of the molecule is CC[C@@H](C)NC(=O)[C@@H](CC)N(Cc1ccccc1C)C(=O)CCc1ccccc1Cl. The molecule has 0 saturated heterocycles. The average Bonchev–Trinajstić information content (AvgIpc) is 2.74. The number of nitrogens with one attached hydrogen (secondary N) is 1. The van der Waals surface area contributed by atoms with Gasteiger partial charge in [-0.2, -0.15) is 0 Å². The summed E-state index contributed by atoms with van der Waals surface area (Å²) in [5.41, 5.74) is 3.11. The van der Waals surface area contributed by atoms with E-state index in [1.165, 1.54) is 0 Å². The van der Waals surface area contributed by atoms with Crippen molar-refractivity contribution in [1.82, 2.24) is 10.2 Å². The van der Waals surface area contributed by atoms with Crippen LogP contribution in [0.15, 0.2) is 48.5 Å². The minimum atomic E-state index is -0.502. The summed E-state index contributed by atoms with van der Waals surface area (Å²) >= 11 is 6.26. The molecule has 0 unspecified atom stereocenters. The van der Waals surface area contributed by atoms with E-state index in [4.69, 9.17) is 11.6 Å². The quantitative estimate of drug-likeness (QED) is 0.558. The van der Waals surface area contributed by atoms with Crippen molar-refractivity contribution in [3.8, 4) is 0 Å². The van der Waals surface area contributed by atoms with Gasteiger partial charge in [-0.1, -0.05) is 67.9 Å². The van der Waals surface area contributed by atoms with E-state index in [-0.39, 0.29) is 17.9 Å². The normalized spacial score (nSPS) is 12.8. The molecular weight excluding hydrogens is 396 g/mol. The highest BCUT2D eigenvalue weighted by Crippen LogP contribution is 2.20. The number of hydrogen-bond donors (Lipinski definition) is 1. The van der Waals surface area contributed by atoms with Gasteiger partial charge < -0.3 is 10.2 Å². The van der Waals surface area contributed by atoms with Gasteiger partial charge >= 0.3 is 0 Å². The Kier molecular flexibility index (Phi) is 9.38. The fraction of sp³-hybridized carbons (Fsp3) is 0.440. The highest BCUT2D eigenvalue weighted by Gasteiger charge is 2.29. The fourth-order valence-corrected chi connectivity index (χ4v) is 3.65. The first-order valence-electron chi connectivity index (χ1n) is 10.7. The molecule has 0 heterocycles. The summed E-state index contributed by atoms with van der Waals surface area (Å²) in [7, 11) is 0. The van der Waals surface area contributed by atoms with Gasteiger partial charge in [0, 0.05) is 24.0 Å². The smallest absolute Gasteiger partial charge is 0.243 e. The Morgan fingerprint density at radius 3 is 2.23 bits per heavy atom. The van der Waals surface area contributed by atoms with Crippen LogP contribution < -0.4 is 5.32 Å². The lowest BCUT2D eigenvalue weighted by Gasteiger charge is -2.32. The zero-order valence-corrected chi connectivity index (χ0v) is 19.2. The third-order valence-corrected chi connectivity index (χ3v) is 5.92. The molecule has 4 nitrogen and oxygen atoms in total. The van der Waals surface area contributed by atoms with Crippen molar-refractivity contribution in [3.63, 3.8) is 0 Å². The molecule has 2 amide bonds. The Morgan fingerprint density at radius 2 is 1.63 bits per heavy atom. The van der Waals surface area contributed by atoms with Gasteiger partial charge in [0.25, 0.3) is 0 Å². The van der Waals surface area contributed by atoms with E-state index in [0.717, 1.165) is 23.1 Å². The second-order valence-electron chi connectivity index (χ2n) is 7.78. The summed E-state index contributed by atoms with van der Waals surface area (Å²) in [6.07, 6.45) is 2.27. The number of rotatable bonds is 10. The second-order valence-corrected chi connectivity index (χ2v) is 8.19. The van der Waals surface area contributed by atoms with Crippen LogP contribution in [-0.2, 0) is 22.6 Å². The highest BCUT2D eigenvalue weighted by atomic mass is 35.5. The van der Waals surface area contributed by atoms with Crippen LogP contribution >= 0.6 is 11.6 Å². The molecule has 0 spiro atoms. The van der Waals surface area contributed by atoms with Crippen LogP contribution in [0.4, 0.5) is 0 Å². The van der Waals surface area contributed by atoms with Crippen molar-refractivity contribution in [2.75, 3.05) is 0 Å². The molecule has 162 valence electrons. The first kappa shape index (κ1) is 23.9. The minimum absolute atomic E-state index is 0.0377. The third-order valence-electron chi connectivity index (χ3n) is 5.55. The predicted octanol–water partition coefficient (Wildman–Crippen LogP) is 5.30. The Balaban J connectivity index is 2.24. The molecule has 2 aromatic rings. The number of hydrogen-bond acceptors (Lipinski definition) is 2. The fourth-order valence-electron chi connectivity index (χ4n) is 3.42. The molecular formula is C25H33ClN2O2. The first-order valence-corrected chi connectivity index (χ1v) is 11.1. The lowest BCUT2D eigenvalue weighted by Crippen LogP contribution is -2.50. The standard InChI is InChI=1S/C25H33ClN2O2/c1-5-19(4)27-25(30)23(6-2)28(17-21-13-8-7-11-18(21)3)24(29)16-15-20-12-9-10-14-22(20)26/h7-14,19,23H,5-6,15-17H2,1-4H3,(H,27,30)/t19-,23-/m1/s1. The van der Waals surface area contributed by atoms with E-state index >= 15 is 0 Å². The first-order chi connectivity index (χ1) is 14.4. The molecule has 0 aliphatic heterocycles. The summed E-state index contributed by atoms with van der Waals surface area (Å²) in [5, 5.41) is 3.71. The second kappa shape index (κ2) is 11.8. The van der Waals surface area contributed by atoms with Gasteiger partial charge in [0.05, 0.1) is 0 Å². The zero-order valence-electron chi connectivity index (χ0n) is 18.5. The molecule has 2 aromatic carbocycles. The molecule has 0 bridgehead atoms. The highest BCUT2D eigenvalue weighted by molar-refractivity contribution is 6.31. The Hall–Kier alpha value is -2.33. The van der Waals surface area contributed by atoms with Crippen molar-refractivity contribution < 1.29 is 9.59 Å². The number of aryl methyl sites for hydroxylation is 2. The molecule has 30 heavy (non-hydrogen) atoms. The number of carbonyl (C=O) groups is 2. The van der Waals surface area contributed by atoms with Crippen molar-refractivity contribution in [3.05, 3.63) is 70.2 Å². The van der Waals surface area contributed by atoms with E-state index < -0.39 is 6.04 Å². The molecule has 0 radical (unpaired) electrons. The molecule has 0 saturated carbocycles. The molecule has 0 aromatic heterocycles. The molecule has 2 rings (SSSR count). The van der Waals surface area contributed by atoms with E-state index in [0.29, 0.717) is 30.8 Å². The molecule has 1 N–H and O–H groups in total. The summed E-state index contributed by atoms with van der Waals surface area (Å²) in [5.74, 6) is -0.129. The van der Waals surface area contributed by atoms with E-state index in [9.17, 15) is 9.59 Å². The lowest BCUT2D eigenvalue weighted by molar-refractivity contribution is -0.141. The number of halogens is 1. The molecule has 5 heteroatoms. The maximum atomic E-state index is 13.3. The van der Waals surface area contributed by atoms with Gasteiger partial charge in [-0.3, -0.25) is 9.59 Å². The van der Waals surface area contributed by atoms with Crippen molar-refractivity contribution in [2.24, 2.45) is 0 Å². The number of benzene rings is 2. The Morgan fingerprint density at radius 1 is 1.00 bits per heavy atom. The summed E-state index contributed by atoms with van der Waals surface area (Å²) < 4.78 is 0. The van der Waals surface area contributed by atoms with Crippen LogP contribution in [0, 0.1) is 6.92 Å². The zero-order chi connectivity index (χ0) is 22.1. The molecule has 2 atom stereocenters. The van der Waals surface area contributed by atoms with Crippen molar-refractivity contribution in [2.45, 2.75) is 72.0 Å². The number of carbonyl (C=O) groups excluding carboxylic acids is 2.